The Balaban J connectivity index is 1.17. The van der Waals surface area contributed by atoms with Gasteiger partial charge in [-0.3, -0.25) is 0 Å². The van der Waals surface area contributed by atoms with Gasteiger partial charge in [-0.15, -0.1) is 0 Å². The van der Waals surface area contributed by atoms with E-state index in [2.05, 4.69) is 140 Å². The molecule has 0 aliphatic heterocycles. The number of aromatic nitrogens is 3. The highest BCUT2D eigenvalue weighted by Gasteiger charge is 2.17. The molecule has 0 bridgehead atoms. The van der Waals surface area contributed by atoms with Gasteiger partial charge in [0.1, 0.15) is 11.2 Å². The van der Waals surface area contributed by atoms with Gasteiger partial charge < -0.3 is 4.42 Å². The number of rotatable bonds is 4. The van der Waals surface area contributed by atoms with Gasteiger partial charge in [-0.05, 0) is 56.3 Å². The van der Waals surface area contributed by atoms with Crippen LogP contribution >= 0.6 is 0 Å². The van der Waals surface area contributed by atoms with E-state index in [-0.39, 0.29) is 0 Å². The molecule has 49 heavy (non-hydrogen) atoms. The molecule has 10 aromatic rings. The maximum absolute atomic E-state index is 6.26. The van der Waals surface area contributed by atoms with Crippen molar-refractivity contribution in [1.82, 2.24) is 15.0 Å². The molecule has 0 saturated heterocycles. The molecule has 10 rings (SSSR count). The van der Waals surface area contributed by atoms with E-state index in [4.69, 9.17) is 19.4 Å². The van der Waals surface area contributed by atoms with Crippen LogP contribution in [0.2, 0.25) is 0 Å². The molecule has 0 amide bonds. The van der Waals surface area contributed by atoms with E-state index >= 15 is 0 Å². The third kappa shape index (κ3) is 4.57. The molecule has 0 atom stereocenters. The Morgan fingerprint density at radius 3 is 1.71 bits per heavy atom. The first-order valence-corrected chi connectivity index (χ1v) is 16.4. The first-order chi connectivity index (χ1) is 24.3. The second kappa shape index (κ2) is 11.0. The van der Waals surface area contributed by atoms with Gasteiger partial charge in [0.25, 0.3) is 0 Å². The summed E-state index contributed by atoms with van der Waals surface area (Å²) in [4.78, 5) is 15.4. The molecule has 0 aliphatic rings. The SMILES string of the molecule is c1ccc2c(-c3ccc(-c4nc(-c5ccc6c(c5)oc5ccccc56)nc(-c5cccc6ccc7ccccc7c56)n4)cc3)cccc2c1. The van der Waals surface area contributed by atoms with E-state index in [0.717, 1.165) is 55.0 Å². The van der Waals surface area contributed by atoms with Crippen molar-refractivity contribution < 1.29 is 4.42 Å². The van der Waals surface area contributed by atoms with E-state index in [0.29, 0.717) is 17.5 Å². The van der Waals surface area contributed by atoms with Gasteiger partial charge in [0.15, 0.2) is 17.5 Å². The van der Waals surface area contributed by atoms with Crippen LogP contribution in [0.3, 0.4) is 0 Å². The molecule has 0 spiro atoms. The number of hydrogen-bond acceptors (Lipinski definition) is 4. The first-order valence-electron chi connectivity index (χ1n) is 16.4. The Morgan fingerprint density at radius 2 is 0.878 bits per heavy atom. The van der Waals surface area contributed by atoms with Gasteiger partial charge in [-0.1, -0.05) is 146 Å². The standard InChI is InChI=1S/C45H27N3O/c1-3-13-34-28(9-1)11-7-16-35(34)30-20-23-32(24-21-30)43-46-44(33-25-26-38-37-15-5-6-18-40(37)49-41(38)27-33)48-45(47-43)39-17-8-12-31-22-19-29-10-2-4-14-36(29)42(31)39/h1-27H. The third-order valence-corrected chi connectivity index (χ3v) is 9.53. The molecule has 0 fully saturated rings. The van der Waals surface area contributed by atoms with Crippen LogP contribution in [0.25, 0.3) is 99.5 Å². The van der Waals surface area contributed by atoms with Gasteiger partial charge >= 0.3 is 0 Å². The van der Waals surface area contributed by atoms with E-state index in [1.165, 1.54) is 27.1 Å². The largest absolute Gasteiger partial charge is 0.456 e. The van der Waals surface area contributed by atoms with E-state index in [1.807, 2.05) is 24.3 Å². The smallest absolute Gasteiger partial charge is 0.164 e. The van der Waals surface area contributed by atoms with Crippen LogP contribution in [0.15, 0.2) is 168 Å². The zero-order valence-corrected chi connectivity index (χ0v) is 26.3. The molecule has 2 aromatic heterocycles. The fourth-order valence-corrected chi connectivity index (χ4v) is 7.14. The van der Waals surface area contributed by atoms with Gasteiger partial charge in [-0.25, -0.2) is 15.0 Å². The van der Waals surface area contributed by atoms with Crippen molar-refractivity contribution in [2.75, 3.05) is 0 Å². The van der Waals surface area contributed by atoms with E-state index in [9.17, 15) is 0 Å². The zero-order chi connectivity index (χ0) is 32.3. The number of furan rings is 1. The quantitative estimate of drug-likeness (QED) is 0.183. The molecule has 228 valence electrons. The molecule has 0 unspecified atom stereocenters. The van der Waals surface area contributed by atoms with Crippen molar-refractivity contribution in [2.24, 2.45) is 0 Å². The maximum atomic E-state index is 6.26. The summed E-state index contributed by atoms with van der Waals surface area (Å²) in [7, 11) is 0. The Morgan fingerprint density at radius 1 is 0.327 bits per heavy atom. The average molecular weight is 626 g/mol. The summed E-state index contributed by atoms with van der Waals surface area (Å²) in [5.41, 5.74) is 6.77. The maximum Gasteiger partial charge on any atom is 0.164 e. The fourth-order valence-electron chi connectivity index (χ4n) is 7.14. The molecule has 2 heterocycles. The summed E-state index contributed by atoms with van der Waals surface area (Å²) in [6.07, 6.45) is 0. The van der Waals surface area contributed by atoms with Crippen LogP contribution in [-0.2, 0) is 0 Å². The highest BCUT2D eigenvalue weighted by molar-refractivity contribution is 6.14. The number of hydrogen-bond donors (Lipinski definition) is 0. The lowest BCUT2D eigenvalue weighted by molar-refractivity contribution is 0.669. The molecule has 0 saturated carbocycles. The first kappa shape index (κ1) is 27.5. The van der Waals surface area contributed by atoms with Crippen LogP contribution in [0.5, 0.6) is 0 Å². The highest BCUT2D eigenvalue weighted by Crippen LogP contribution is 2.37. The Kier molecular flexibility index (Phi) is 6.15. The summed E-state index contributed by atoms with van der Waals surface area (Å²) < 4.78 is 6.26. The van der Waals surface area contributed by atoms with Crippen molar-refractivity contribution in [2.45, 2.75) is 0 Å². The van der Waals surface area contributed by atoms with Crippen molar-refractivity contribution >= 4 is 54.3 Å². The topological polar surface area (TPSA) is 51.8 Å². The highest BCUT2D eigenvalue weighted by atomic mass is 16.3. The molecule has 8 aromatic carbocycles. The molecule has 0 radical (unpaired) electrons. The zero-order valence-electron chi connectivity index (χ0n) is 26.3. The summed E-state index contributed by atoms with van der Waals surface area (Å²) in [6, 6.07) is 57.0. The van der Waals surface area contributed by atoms with Crippen molar-refractivity contribution in [1.29, 1.82) is 0 Å². The number of fused-ring (bicyclic) bond motifs is 7. The summed E-state index contributed by atoms with van der Waals surface area (Å²) >= 11 is 0. The number of nitrogens with zero attached hydrogens (tertiary/aromatic N) is 3. The summed E-state index contributed by atoms with van der Waals surface area (Å²) in [6.45, 7) is 0. The molecule has 4 nitrogen and oxygen atoms in total. The van der Waals surface area contributed by atoms with Crippen LogP contribution in [-0.4, -0.2) is 15.0 Å². The van der Waals surface area contributed by atoms with Crippen LogP contribution in [0.4, 0.5) is 0 Å². The summed E-state index contributed by atoms with van der Waals surface area (Å²) in [5.74, 6) is 1.84. The number of benzene rings is 8. The van der Waals surface area contributed by atoms with Crippen LogP contribution < -0.4 is 0 Å². The monoisotopic (exact) mass is 625 g/mol. The van der Waals surface area contributed by atoms with Crippen molar-refractivity contribution in [3.05, 3.63) is 164 Å². The average Bonchev–Trinajstić information content (AvgIpc) is 3.55. The lowest BCUT2D eigenvalue weighted by atomic mass is 9.97. The predicted octanol–water partition coefficient (Wildman–Crippen LogP) is 11.9. The van der Waals surface area contributed by atoms with Crippen molar-refractivity contribution in [3.8, 4) is 45.3 Å². The van der Waals surface area contributed by atoms with E-state index < -0.39 is 0 Å². The minimum absolute atomic E-state index is 0.595. The number of para-hydroxylation sites is 1. The van der Waals surface area contributed by atoms with Gasteiger partial charge in [-0.2, -0.15) is 0 Å². The van der Waals surface area contributed by atoms with Gasteiger partial charge in [0.2, 0.25) is 0 Å². The Labute approximate surface area is 282 Å². The molecular formula is C45H27N3O. The Bertz CT molecular complexity index is 2880. The van der Waals surface area contributed by atoms with Crippen LogP contribution in [0.1, 0.15) is 0 Å². The van der Waals surface area contributed by atoms with Gasteiger partial charge in [0, 0.05) is 32.8 Å². The van der Waals surface area contributed by atoms with Gasteiger partial charge in [0.05, 0.1) is 0 Å². The lowest BCUT2D eigenvalue weighted by Gasteiger charge is -2.12. The minimum atomic E-state index is 0.595. The third-order valence-electron chi connectivity index (χ3n) is 9.53. The van der Waals surface area contributed by atoms with E-state index in [1.54, 1.807) is 0 Å². The normalized spacial score (nSPS) is 11.7. The fraction of sp³-hybridized carbons (Fsp3) is 0. The second-order valence-electron chi connectivity index (χ2n) is 12.4. The summed E-state index contributed by atoms with van der Waals surface area (Å²) in [5, 5.41) is 9.23. The second-order valence-corrected chi connectivity index (χ2v) is 12.4. The van der Waals surface area contributed by atoms with Crippen molar-refractivity contribution in [3.63, 3.8) is 0 Å². The lowest BCUT2D eigenvalue weighted by Crippen LogP contribution is -2.00. The molecule has 0 N–H and O–H groups in total. The Hall–Kier alpha value is -6.65. The minimum Gasteiger partial charge on any atom is -0.456 e. The molecule has 0 aliphatic carbocycles. The molecule has 4 heteroatoms. The van der Waals surface area contributed by atoms with Crippen LogP contribution in [0, 0.1) is 0 Å². The molecular weight excluding hydrogens is 599 g/mol. The predicted molar refractivity (Wildman–Crippen MR) is 201 cm³/mol.